The van der Waals surface area contributed by atoms with Crippen LogP contribution in [-0.4, -0.2) is 71.7 Å². The molecular weight excluding hydrogens is 425 g/mol. The molecule has 2 aromatic heterocycles. The summed E-state index contributed by atoms with van der Waals surface area (Å²) in [6, 6.07) is 8.58. The number of hydrogen-bond acceptors (Lipinski definition) is 8. The van der Waals surface area contributed by atoms with Crippen molar-refractivity contribution in [1.29, 1.82) is 0 Å². The third kappa shape index (κ3) is 4.21. The third-order valence-corrected chi connectivity index (χ3v) is 6.39. The van der Waals surface area contributed by atoms with E-state index in [9.17, 15) is 5.11 Å². The Balaban J connectivity index is 1.35. The zero-order chi connectivity index (χ0) is 22.9. The number of rotatable bonds is 5. The predicted octanol–water partition coefficient (Wildman–Crippen LogP) is 2.82. The maximum absolute atomic E-state index is 15.0. The number of piperidine rings is 1. The van der Waals surface area contributed by atoms with Crippen LogP contribution in [0, 0.1) is 0 Å². The van der Waals surface area contributed by atoms with Crippen molar-refractivity contribution < 1.29 is 19.0 Å². The summed E-state index contributed by atoms with van der Waals surface area (Å²) < 4.78 is 25.7. The number of aromatic hydroxyl groups is 1. The summed E-state index contributed by atoms with van der Waals surface area (Å²) in [5.41, 5.74) is 2.81. The molecule has 3 aromatic rings. The van der Waals surface area contributed by atoms with E-state index in [2.05, 4.69) is 20.3 Å². The number of hydrogen-bond donors (Lipinski definition) is 2. The van der Waals surface area contributed by atoms with E-state index < -0.39 is 6.17 Å². The van der Waals surface area contributed by atoms with Crippen molar-refractivity contribution in [1.82, 2.24) is 20.3 Å². The minimum Gasteiger partial charge on any atom is -0.507 e. The Kier molecular flexibility index (Phi) is 5.82. The van der Waals surface area contributed by atoms with Gasteiger partial charge in [0.2, 0.25) is 5.88 Å². The summed E-state index contributed by atoms with van der Waals surface area (Å²) in [6.07, 6.45) is 4.46. The van der Waals surface area contributed by atoms with Gasteiger partial charge in [0.1, 0.15) is 17.7 Å². The summed E-state index contributed by atoms with van der Waals surface area (Å²) in [5.74, 6) is 1.18. The van der Waals surface area contributed by atoms with Gasteiger partial charge in [-0.05, 0) is 35.7 Å². The number of phenols is 1. The number of halogens is 1. The number of methoxy groups -OCH3 is 1. The average Bonchev–Trinajstić information content (AvgIpc) is 2.86. The van der Waals surface area contributed by atoms with Crippen LogP contribution in [0.15, 0.2) is 48.9 Å². The lowest BCUT2D eigenvalue weighted by Gasteiger charge is -2.45. The number of phenolic OH excluding ortho intramolecular Hbond substituents is 1. The molecule has 5 rings (SSSR count). The molecule has 4 heterocycles. The number of alkyl halides is 1. The lowest BCUT2D eigenvalue weighted by atomic mass is 9.90. The number of pyridine rings is 1. The molecule has 9 heteroatoms. The molecule has 33 heavy (non-hydrogen) atoms. The van der Waals surface area contributed by atoms with E-state index in [1.807, 2.05) is 24.1 Å². The van der Waals surface area contributed by atoms with Crippen molar-refractivity contribution in [2.75, 3.05) is 32.3 Å². The fourth-order valence-electron chi connectivity index (χ4n) is 4.56. The lowest BCUT2D eigenvalue weighted by molar-refractivity contribution is -0.0175. The topological polar surface area (TPSA) is 92.6 Å². The van der Waals surface area contributed by atoms with Gasteiger partial charge in [-0.25, -0.2) is 14.4 Å². The van der Waals surface area contributed by atoms with Crippen molar-refractivity contribution >= 4 is 5.82 Å². The number of anilines is 1. The summed E-state index contributed by atoms with van der Waals surface area (Å²) in [5, 5.41) is 13.9. The first-order chi connectivity index (χ1) is 16.0. The molecule has 0 unspecified atom stereocenters. The molecule has 2 aliphatic heterocycles. The highest BCUT2D eigenvalue weighted by Gasteiger charge is 2.42. The number of aromatic nitrogens is 3. The first kappa shape index (κ1) is 21.5. The first-order valence-corrected chi connectivity index (χ1v) is 10.9. The van der Waals surface area contributed by atoms with Crippen LogP contribution in [-0.2, 0) is 4.74 Å². The molecule has 2 N–H and O–H groups in total. The van der Waals surface area contributed by atoms with Gasteiger partial charge in [0.05, 0.1) is 50.5 Å². The van der Waals surface area contributed by atoms with Crippen LogP contribution in [0.25, 0.3) is 22.4 Å². The molecule has 0 aliphatic carbocycles. The van der Waals surface area contributed by atoms with Crippen LogP contribution in [0.4, 0.5) is 10.2 Å². The van der Waals surface area contributed by atoms with E-state index in [4.69, 9.17) is 9.47 Å². The molecular formula is C24H26FN5O3. The Morgan fingerprint density at radius 1 is 1.12 bits per heavy atom. The van der Waals surface area contributed by atoms with Gasteiger partial charge >= 0.3 is 0 Å². The van der Waals surface area contributed by atoms with Crippen molar-refractivity contribution in [3.05, 3.63) is 48.9 Å². The molecule has 0 spiro atoms. The molecule has 1 aromatic carbocycles. The monoisotopic (exact) mass is 451 g/mol. The molecule has 2 saturated heterocycles. The summed E-state index contributed by atoms with van der Waals surface area (Å²) in [4.78, 5) is 15.0. The van der Waals surface area contributed by atoms with Crippen molar-refractivity contribution in [2.24, 2.45) is 0 Å². The predicted molar refractivity (Wildman–Crippen MR) is 122 cm³/mol. The SMILES string of the molecule is COc1cc(-c2ccc(-c3cnc(N(C)[C@H]4C[C@@H]5COC[C@@H](N5)[C@H]4F)cn3)c(O)c2)ccn1. The van der Waals surface area contributed by atoms with E-state index in [0.717, 1.165) is 11.1 Å². The molecule has 0 amide bonds. The molecule has 4 atom stereocenters. The summed E-state index contributed by atoms with van der Waals surface area (Å²) in [7, 11) is 3.41. The highest BCUT2D eigenvalue weighted by molar-refractivity contribution is 5.74. The Morgan fingerprint density at radius 3 is 2.73 bits per heavy atom. The number of fused-ring (bicyclic) bond motifs is 2. The second-order valence-electron chi connectivity index (χ2n) is 8.44. The van der Waals surface area contributed by atoms with Gasteiger partial charge in [-0.3, -0.25) is 4.98 Å². The summed E-state index contributed by atoms with van der Waals surface area (Å²) >= 11 is 0. The van der Waals surface area contributed by atoms with Crippen molar-refractivity contribution in [2.45, 2.75) is 30.7 Å². The standard InChI is InChI=1S/C24H26FN5O3/c1-30(20-9-16-12-33-13-19(29-16)24(20)25)22-11-27-18(10-28-22)17-4-3-14(7-21(17)31)15-5-6-26-23(8-15)32-2/h3-8,10-11,16,19-20,24,29,31H,9,12-13H2,1-2H3/t16-,19-,20+,24-/m1/s1. The molecule has 2 fully saturated rings. The van der Waals surface area contributed by atoms with Gasteiger partial charge in [-0.1, -0.05) is 6.07 Å². The largest absolute Gasteiger partial charge is 0.507 e. The number of nitrogens with zero attached hydrogens (tertiary/aromatic N) is 4. The lowest BCUT2D eigenvalue weighted by Crippen LogP contribution is -2.65. The smallest absolute Gasteiger partial charge is 0.213 e. The second kappa shape index (κ2) is 8.92. The van der Waals surface area contributed by atoms with Crippen LogP contribution in [0.1, 0.15) is 6.42 Å². The highest BCUT2D eigenvalue weighted by Crippen LogP contribution is 2.34. The van der Waals surface area contributed by atoms with Crippen LogP contribution in [0.2, 0.25) is 0 Å². The van der Waals surface area contributed by atoms with Crippen LogP contribution in [0.3, 0.4) is 0 Å². The van der Waals surface area contributed by atoms with Gasteiger partial charge in [0.25, 0.3) is 0 Å². The molecule has 0 saturated carbocycles. The molecule has 8 nitrogen and oxygen atoms in total. The van der Waals surface area contributed by atoms with Gasteiger partial charge in [0, 0.05) is 30.9 Å². The number of morpholine rings is 1. The highest BCUT2D eigenvalue weighted by atomic mass is 19.1. The number of ether oxygens (including phenoxy) is 2. The number of benzene rings is 1. The fraction of sp³-hybridized carbons (Fsp3) is 0.375. The van der Waals surface area contributed by atoms with Gasteiger partial charge in [-0.15, -0.1) is 0 Å². The normalized spacial score (nSPS) is 24.3. The fourth-order valence-corrected chi connectivity index (χ4v) is 4.56. The minimum absolute atomic E-state index is 0.0914. The van der Waals surface area contributed by atoms with Gasteiger partial charge in [-0.2, -0.15) is 0 Å². The van der Waals surface area contributed by atoms with Gasteiger partial charge in [0.15, 0.2) is 0 Å². The van der Waals surface area contributed by atoms with Crippen molar-refractivity contribution in [3.8, 4) is 34.0 Å². The van der Waals surface area contributed by atoms with E-state index in [1.165, 1.54) is 0 Å². The quantitative estimate of drug-likeness (QED) is 0.612. The van der Waals surface area contributed by atoms with E-state index in [0.29, 0.717) is 42.6 Å². The summed E-state index contributed by atoms with van der Waals surface area (Å²) in [6.45, 7) is 0.980. The van der Waals surface area contributed by atoms with Gasteiger partial charge < -0.3 is 24.8 Å². The average molecular weight is 452 g/mol. The molecule has 0 radical (unpaired) electrons. The third-order valence-electron chi connectivity index (χ3n) is 6.39. The van der Waals surface area contributed by atoms with Crippen LogP contribution >= 0.6 is 0 Å². The Morgan fingerprint density at radius 2 is 1.97 bits per heavy atom. The second-order valence-corrected chi connectivity index (χ2v) is 8.44. The van der Waals surface area contributed by atoms with Crippen molar-refractivity contribution in [3.63, 3.8) is 0 Å². The Hall–Kier alpha value is -3.30. The Labute approximate surface area is 191 Å². The van der Waals surface area contributed by atoms with Crippen LogP contribution in [0.5, 0.6) is 11.6 Å². The molecule has 172 valence electrons. The maximum Gasteiger partial charge on any atom is 0.213 e. The molecule has 2 aliphatic rings. The van der Waals surface area contributed by atoms with Crippen LogP contribution < -0.4 is 15.0 Å². The first-order valence-electron chi connectivity index (χ1n) is 10.9. The van der Waals surface area contributed by atoms with E-state index >= 15 is 4.39 Å². The van der Waals surface area contributed by atoms with E-state index in [-0.39, 0.29) is 23.9 Å². The maximum atomic E-state index is 15.0. The molecule has 2 bridgehead atoms. The zero-order valence-electron chi connectivity index (χ0n) is 18.5. The Bertz CT molecular complexity index is 1130. The minimum atomic E-state index is -1.06. The number of nitrogens with one attached hydrogen (secondary N) is 1. The zero-order valence-corrected chi connectivity index (χ0v) is 18.5. The van der Waals surface area contributed by atoms with E-state index in [1.54, 1.807) is 43.9 Å².